The molecule has 13 heteroatoms. The maximum atomic E-state index is 11.6. The number of fused-ring (bicyclic) bond motifs is 2. The van der Waals surface area contributed by atoms with E-state index in [2.05, 4.69) is 15.0 Å². The van der Waals surface area contributed by atoms with Crippen LogP contribution in [0, 0.1) is 21.4 Å². The van der Waals surface area contributed by atoms with Crippen LogP contribution in [-0.4, -0.2) is 55.1 Å². The lowest BCUT2D eigenvalue weighted by Gasteiger charge is -2.31. The Balaban J connectivity index is 1.37. The first-order valence-electron chi connectivity index (χ1n) is 10.9. The number of ether oxygens (including phenoxy) is 2. The number of nitrogens with zero attached hydrogens (tertiary/aromatic N) is 5. The zero-order valence-electron chi connectivity index (χ0n) is 18.4. The fourth-order valence-corrected chi connectivity index (χ4v) is 5.17. The topological polar surface area (TPSA) is 152 Å². The lowest BCUT2D eigenvalue weighted by molar-refractivity contribution is -0.387. The first-order valence-corrected chi connectivity index (χ1v) is 11.7. The van der Waals surface area contributed by atoms with Gasteiger partial charge in [-0.05, 0) is 36.9 Å². The van der Waals surface area contributed by atoms with Crippen molar-refractivity contribution in [2.45, 2.75) is 42.8 Å². The van der Waals surface area contributed by atoms with Crippen LogP contribution in [0.4, 0.5) is 5.69 Å². The molecule has 1 aromatic carbocycles. The second-order valence-corrected chi connectivity index (χ2v) is 9.33. The largest absolute Gasteiger partial charge is 0.454 e. The fraction of sp³-hybridized carbons (Fsp3) is 0.429. The number of aromatic amines is 1. The van der Waals surface area contributed by atoms with Gasteiger partial charge in [0.15, 0.2) is 27.8 Å². The lowest BCUT2D eigenvalue weighted by atomic mass is 9.93. The van der Waals surface area contributed by atoms with Gasteiger partial charge in [-0.3, -0.25) is 20.3 Å². The van der Waals surface area contributed by atoms with Gasteiger partial charge in [-0.2, -0.15) is 0 Å². The molecule has 2 aromatic heterocycles. The molecule has 0 spiro atoms. The van der Waals surface area contributed by atoms with Gasteiger partial charge in [0.2, 0.25) is 12.7 Å². The summed E-state index contributed by atoms with van der Waals surface area (Å²) in [6, 6.07) is 2.92. The Morgan fingerprint density at radius 2 is 2.06 bits per heavy atom. The van der Waals surface area contributed by atoms with E-state index in [9.17, 15) is 14.9 Å². The van der Waals surface area contributed by atoms with E-state index in [4.69, 9.17) is 14.9 Å². The van der Waals surface area contributed by atoms with Gasteiger partial charge >= 0.3 is 0 Å². The van der Waals surface area contributed by atoms with Crippen LogP contribution in [0.25, 0.3) is 11.2 Å². The first-order chi connectivity index (χ1) is 16.4. The predicted molar refractivity (Wildman–Crippen MR) is 121 cm³/mol. The zero-order valence-corrected chi connectivity index (χ0v) is 19.3. The molecule has 3 aromatic rings. The Labute approximate surface area is 197 Å². The van der Waals surface area contributed by atoms with Gasteiger partial charge in [0.05, 0.1) is 22.2 Å². The fourth-order valence-electron chi connectivity index (χ4n) is 4.27. The second kappa shape index (κ2) is 8.97. The minimum Gasteiger partial charge on any atom is -0.454 e. The van der Waals surface area contributed by atoms with Gasteiger partial charge in [-0.1, -0.05) is 0 Å². The number of rotatable bonds is 6. The molecule has 178 valence electrons. The van der Waals surface area contributed by atoms with Gasteiger partial charge in [0.25, 0.3) is 5.69 Å². The van der Waals surface area contributed by atoms with Crippen molar-refractivity contribution in [3.63, 3.8) is 0 Å². The number of piperidine rings is 1. The van der Waals surface area contributed by atoms with Gasteiger partial charge in [-0.25, -0.2) is 9.97 Å². The van der Waals surface area contributed by atoms with Crippen molar-refractivity contribution in [2.75, 3.05) is 19.9 Å². The van der Waals surface area contributed by atoms with E-state index >= 15 is 0 Å². The van der Waals surface area contributed by atoms with Gasteiger partial charge < -0.3 is 23.9 Å². The highest BCUT2D eigenvalue weighted by Gasteiger charge is 2.25. The molecule has 2 aliphatic heterocycles. The Morgan fingerprint density at radius 3 is 2.76 bits per heavy atom. The third kappa shape index (κ3) is 4.30. The van der Waals surface area contributed by atoms with Crippen molar-refractivity contribution >= 4 is 34.5 Å². The molecule has 2 aliphatic rings. The number of hydrogen-bond acceptors (Lipinski definition) is 9. The zero-order chi connectivity index (χ0) is 23.8. The summed E-state index contributed by atoms with van der Waals surface area (Å²) < 4.78 is 12.5. The molecule has 1 amide bonds. The number of imidazole rings is 1. The normalized spacial score (nSPS) is 15.7. The van der Waals surface area contributed by atoms with Crippen LogP contribution < -0.4 is 15.0 Å². The highest BCUT2D eigenvalue weighted by Crippen LogP contribution is 2.43. The molecule has 0 unspecified atom stereocenters. The maximum Gasteiger partial charge on any atom is 0.287 e. The van der Waals surface area contributed by atoms with Crippen LogP contribution in [0.5, 0.6) is 11.5 Å². The quantitative estimate of drug-likeness (QED) is 0.399. The molecule has 34 heavy (non-hydrogen) atoms. The predicted octanol–water partition coefficient (Wildman–Crippen LogP) is 2.68. The smallest absolute Gasteiger partial charge is 0.287 e. The number of likely N-dealkylation sites (tertiary alicyclic amines) is 1. The van der Waals surface area contributed by atoms with Crippen LogP contribution in [0.1, 0.15) is 26.2 Å². The third-order valence-corrected chi connectivity index (χ3v) is 7.13. The summed E-state index contributed by atoms with van der Waals surface area (Å²) in [7, 11) is 0. The summed E-state index contributed by atoms with van der Waals surface area (Å²) in [6.07, 6.45) is 4.44. The van der Waals surface area contributed by atoms with Crippen LogP contribution in [-0.2, 0) is 11.3 Å². The average molecular weight is 486 g/mol. The number of aromatic nitrogens is 4. The molecule has 0 bridgehead atoms. The van der Waals surface area contributed by atoms with E-state index in [1.54, 1.807) is 19.3 Å². The molecule has 2 N–H and O–H groups in total. The van der Waals surface area contributed by atoms with Crippen molar-refractivity contribution in [3.05, 3.63) is 34.1 Å². The van der Waals surface area contributed by atoms with Crippen LogP contribution >= 0.6 is 11.8 Å². The number of aryl methyl sites for hydroxylation is 1. The summed E-state index contributed by atoms with van der Waals surface area (Å²) in [5, 5.41) is 20.2. The maximum absolute atomic E-state index is 11.6. The number of carbonyl (C=O) groups excluding carboxylic acids is 1. The standard InChI is InChI=1S/C21H23N7O5S/c1-12(29)26-5-2-13(3-6-26)4-7-27-10-23-19(22)18-20(27)25-21(24-18)34-17-9-16-15(32-11-33-16)8-14(17)28(30)31/h8-10,13,22H,2-7,11H2,1H3,(H,24,25). The van der Waals surface area contributed by atoms with E-state index in [1.165, 1.54) is 6.07 Å². The average Bonchev–Trinajstić information content (AvgIpc) is 3.45. The van der Waals surface area contributed by atoms with Crippen LogP contribution in [0.2, 0.25) is 0 Å². The van der Waals surface area contributed by atoms with Crippen molar-refractivity contribution < 1.29 is 19.2 Å². The monoisotopic (exact) mass is 485 g/mol. The SMILES string of the molecule is CC(=O)N1CCC(CCn2cnc(=N)c3[nH]c(Sc4cc5c(cc4[N+](=O)[O-])OCO5)nc32)CC1. The summed E-state index contributed by atoms with van der Waals surface area (Å²) in [5.41, 5.74) is 0.996. The van der Waals surface area contributed by atoms with E-state index in [1.807, 2.05) is 9.47 Å². The van der Waals surface area contributed by atoms with E-state index in [0.717, 1.165) is 44.1 Å². The number of nitro benzene ring substituents is 1. The van der Waals surface area contributed by atoms with Gasteiger partial charge in [0, 0.05) is 32.6 Å². The number of nitro groups is 1. The highest BCUT2D eigenvalue weighted by molar-refractivity contribution is 7.99. The number of amides is 1. The lowest BCUT2D eigenvalue weighted by Crippen LogP contribution is -2.37. The molecule has 1 saturated heterocycles. The molecule has 0 radical (unpaired) electrons. The summed E-state index contributed by atoms with van der Waals surface area (Å²) in [5.74, 6) is 1.40. The van der Waals surface area contributed by atoms with Crippen molar-refractivity contribution in [1.29, 1.82) is 5.41 Å². The number of carbonyl (C=O) groups is 1. The molecule has 4 heterocycles. The molecular weight excluding hydrogens is 462 g/mol. The number of H-pyrrole nitrogens is 1. The minimum absolute atomic E-state index is 0.0207. The summed E-state index contributed by atoms with van der Waals surface area (Å²) >= 11 is 1.10. The Morgan fingerprint density at radius 1 is 1.32 bits per heavy atom. The van der Waals surface area contributed by atoms with Crippen LogP contribution in [0.15, 0.2) is 28.5 Å². The third-order valence-electron chi connectivity index (χ3n) is 6.19. The minimum atomic E-state index is -0.470. The number of benzene rings is 1. The van der Waals surface area contributed by atoms with Crippen molar-refractivity contribution in [2.24, 2.45) is 5.92 Å². The second-order valence-electron chi connectivity index (χ2n) is 8.30. The highest BCUT2D eigenvalue weighted by atomic mass is 32.2. The molecule has 0 atom stereocenters. The van der Waals surface area contributed by atoms with E-state index in [-0.39, 0.29) is 23.9 Å². The Kier molecular flexibility index (Phi) is 5.86. The van der Waals surface area contributed by atoms with Crippen LogP contribution in [0.3, 0.4) is 0 Å². The Bertz CT molecular complexity index is 1330. The first kappa shape index (κ1) is 22.2. The molecular formula is C21H23N7O5S. The Hall–Kier alpha value is -3.61. The molecule has 0 saturated carbocycles. The molecule has 12 nitrogen and oxygen atoms in total. The summed E-state index contributed by atoms with van der Waals surface area (Å²) in [4.78, 5) is 36.8. The van der Waals surface area contributed by atoms with Crippen molar-refractivity contribution in [1.82, 2.24) is 24.4 Å². The van der Waals surface area contributed by atoms with E-state index in [0.29, 0.717) is 45.2 Å². The number of nitrogens with one attached hydrogen (secondary N) is 2. The van der Waals surface area contributed by atoms with Gasteiger partial charge in [0.1, 0.15) is 5.52 Å². The molecule has 1 fully saturated rings. The van der Waals surface area contributed by atoms with Gasteiger partial charge in [-0.15, -0.1) is 0 Å². The summed E-state index contributed by atoms with van der Waals surface area (Å²) in [6.45, 7) is 3.86. The molecule has 5 rings (SSSR count). The molecule has 0 aliphatic carbocycles. The van der Waals surface area contributed by atoms with E-state index < -0.39 is 4.92 Å². The number of hydrogen-bond donors (Lipinski definition) is 2. The van der Waals surface area contributed by atoms with Crippen molar-refractivity contribution in [3.8, 4) is 11.5 Å².